The molecule has 0 aromatic carbocycles. The van der Waals surface area contributed by atoms with Crippen LogP contribution >= 0.6 is 11.8 Å². The van der Waals surface area contributed by atoms with E-state index in [2.05, 4.69) is 24.5 Å². The molecule has 2 aliphatic rings. The minimum Gasteiger partial charge on any atom is -0.381 e. The van der Waals surface area contributed by atoms with E-state index < -0.39 is 0 Å². The van der Waals surface area contributed by atoms with Crippen molar-refractivity contribution in [3.63, 3.8) is 0 Å². The first-order valence-electron chi connectivity index (χ1n) is 7.87. The van der Waals surface area contributed by atoms with Crippen molar-refractivity contribution in [3.8, 4) is 0 Å². The highest BCUT2D eigenvalue weighted by Crippen LogP contribution is 2.45. The lowest BCUT2D eigenvalue weighted by molar-refractivity contribution is -0.124. The summed E-state index contributed by atoms with van der Waals surface area (Å²) in [5, 5.41) is 6.66. The zero-order chi connectivity index (χ0) is 14.6. The molecule has 0 aromatic rings. The van der Waals surface area contributed by atoms with Crippen molar-refractivity contribution >= 4 is 17.7 Å². The Balaban J connectivity index is 1.89. The average molecular weight is 300 g/mol. The van der Waals surface area contributed by atoms with Gasteiger partial charge in [0.2, 0.25) is 5.91 Å². The SMILES string of the molecule is CCCCC(C)NC1NC(=O)C2(CCCC(OC)C2)S1. The molecule has 1 saturated carbocycles. The molecule has 1 heterocycles. The third kappa shape index (κ3) is 3.68. The van der Waals surface area contributed by atoms with Gasteiger partial charge in [-0.1, -0.05) is 19.8 Å². The van der Waals surface area contributed by atoms with Crippen LogP contribution in [0.25, 0.3) is 0 Å². The van der Waals surface area contributed by atoms with Crippen molar-refractivity contribution in [2.45, 2.75) is 81.2 Å². The molecule has 2 rings (SSSR count). The topological polar surface area (TPSA) is 50.4 Å². The fourth-order valence-corrected chi connectivity index (χ4v) is 4.82. The number of unbranched alkanes of at least 4 members (excludes halogenated alkanes) is 1. The van der Waals surface area contributed by atoms with Crippen LogP contribution in [-0.2, 0) is 9.53 Å². The molecule has 1 amide bonds. The normalized spacial score (nSPS) is 35.2. The van der Waals surface area contributed by atoms with Gasteiger partial charge in [0.05, 0.1) is 6.10 Å². The van der Waals surface area contributed by atoms with E-state index in [0.29, 0.717) is 6.04 Å². The monoisotopic (exact) mass is 300 g/mol. The summed E-state index contributed by atoms with van der Waals surface area (Å²) < 4.78 is 5.22. The molecular weight excluding hydrogens is 272 g/mol. The van der Waals surface area contributed by atoms with Gasteiger partial charge in [0.15, 0.2) is 0 Å². The van der Waals surface area contributed by atoms with Crippen LogP contribution in [0.3, 0.4) is 0 Å². The second-order valence-corrected chi connectivity index (χ2v) is 7.62. The predicted octanol–water partition coefficient (Wildman–Crippen LogP) is 2.63. The molecule has 1 aliphatic carbocycles. The third-order valence-electron chi connectivity index (χ3n) is 4.44. The number of hydrogen-bond acceptors (Lipinski definition) is 4. The fourth-order valence-electron chi connectivity index (χ4n) is 3.19. The quantitative estimate of drug-likeness (QED) is 0.792. The highest BCUT2D eigenvalue weighted by atomic mass is 32.2. The number of ether oxygens (including phenoxy) is 1. The van der Waals surface area contributed by atoms with Gasteiger partial charge in [-0.05, 0) is 39.0 Å². The number of thioether (sulfide) groups is 1. The first-order valence-corrected chi connectivity index (χ1v) is 8.75. The third-order valence-corrected chi connectivity index (χ3v) is 5.94. The summed E-state index contributed by atoms with van der Waals surface area (Å²) in [4.78, 5) is 12.4. The van der Waals surface area contributed by atoms with Gasteiger partial charge < -0.3 is 10.1 Å². The minimum atomic E-state index is -0.263. The Morgan fingerprint density at radius 3 is 3.10 bits per heavy atom. The molecule has 1 saturated heterocycles. The Morgan fingerprint density at radius 2 is 2.40 bits per heavy atom. The van der Waals surface area contributed by atoms with Crippen molar-refractivity contribution < 1.29 is 9.53 Å². The lowest BCUT2D eigenvalue weighted by atomic mass is 9.85. The number of amides is 1. The number of carbonyl (C=O) groups excluding carboxylic acids is 1. The number of rotatable bonds is 6. The van der Waals surface area contributed by atoms with E-state index in [9.17, 15) is 4.79 Å². The van der Waals surface area contributed by atoms with Gasteiger partial charge in [-0.15, -0.1) is 11.8 Å². The number of carbonyl (C=O) groups is 1. The van der Waals surface area contributed by atoms with Crippen molar-refractivity contribution in [1.29, 1.82) is 0 Å². The van der Waals surface area contributed by atoms with Crippen LogP contribution in [0.2, 0.25) is 0 Å². The molecule has 0 aromatic heterocycles. The summed E-state index contributed by atoms with van der Waals surface area (Å²) in [5.74, 6) is 0.199. The van der Waals surface area contributed by atoms with E-state index in [4.69, 9.17) is 4.74 Å². The van der Waals surface area contributed by atoms with Crippen LogP contribution in [0.1, 0.15) is 58.8 Å². The Hall–Kier alpha value is -0.260. The van der Waals surface area contributed by atoms with Gasteiger partial charge in [-0.3, -0.25) is 10.1 Å². The van der Waals surface area contributed by atoms with Gasteiger partial charge >= 0.3 is 0 Å². The Labute approximate surface area is 126 Å². The summed E-state index contributed by atoms with van der Waals surface area (Å²) in [6, 6.07) is 0.449. The number of hydrogen-bond donors (Lipinski definition) is 2. The number of nitrogens with one attached hydrogen (secondary N) is 2. The first-order chi connectivity index (χ1) is 9.59. The fraction of sp³-hybridized carbons (Fsp3) is 0.933. The molecule has 116 valence electrons. The largest absolute Gasteiger partial charge is 0.381 e. The van der Waals surface area contributed by atoms with E-state index in [0.717, 1.165) is 32.1 Å². The molecule has 5 heteroatoms. The molecule has 2 N–H and O–H groups in total. The van der Waals surface area contributed by atoms with E-state index >= 15 is 0 Å². The second-order valence-electron chi connectivity index (χ2n) is 6.13. The maximum Gasteiger partial charge on any atom is 0.238 e. The maximum atomic E-state index is 12.4. The van der Waals surface area contributed by atoms with Crippen LogP contribution in [0, 0.1) is 0 Å². The van der Waals surface area contributed by atoms with Crippen LogP contribution in [0.15, 0.2) is 0 Å². The van der Waals surface area contributed by atoms with Gasteiger partial charge in [-0.25, -0.2) is 0 Å². The molecule has 4 atom stereocenters. The lowest BCUT2D eigenvalue weighted by Crippen LogP contribution is -2.44. The van der Waals surface area contributed by atoms with Crippen molar-refractivity contribution in [3.05, 3.63) is 0 Å². The second kappa shape index (κ2) is 7.14. The summed E-state index contributed by atoms with van der Waals surface area (Å²) in [7, 11) is 1.75. The van der Waals surface area contributed by atoms with Crippen LogP contribution in [0.5, 0.6) is 0 Å². The first kappa shape index (κ1) is 16.1. The molecule has 1 spiro atoms. The Morgan fingerprint density at radius 1 is 1.60 bits per heavy atom. The van der Waals surface area contributed by atoms with E-state index in [1.807, 2.05) is 0 Å². The molecule has 0 radical (unpaired) electrons. The Bertz CT molecular complexity index is 340. The predicted molar refractivity (Wildman–Crippen MR) is 83.6 cm³/mol. The van der Waals surface area contributed by atoms with Crippen molar-refractivity contribution in [1.82, 2.24) is 10.6 Å². The average Bonchev–Trinajstić information content (AvgIpc) is 2.72. The Kier molecular flexibility index (Phi) is 5.75. The smallest absolute Gasteiger partial charge is 0.238 e. The highest BCUT2D eigenvalue weighted by Gasteiger charge is 2.50. The zero-order valence-corrected chi connectivity index (χ0v) is 13.7. The highest BCUT2D eigenvalue weighted by molar-refractivity contribution is 8.02. The lowest BCUT2D eigenvalue weighted by Gasteiger charge is -2.34. The van der Waals surface area contributed by atoms with E-state index in [1.165, 1.54) is 12.8 Å². The van der Waals surface area contributed by atoms with E-state index in [1.54, 1.807) is 18.9 Å². The van der Waals surface area contributed by atoms with Crippen molar-refractivity contribution in [2.75, 3.05) is 7.11 Å². The van der Waals surface area contributed by atoms with Crippen LogP contribution in [0.4, 0.5) is 0 Å². The zero-order valence-electron chi connectivity index (χ0n) is 12.9. The van der Waals surface area contributed by atoms with Crippen LogP contribution in [-0.4, -0.2) is 35.4 Å². The summed E-state index contributed by atoms with van der Waals surface area (Å²) in [5.41, 5.74) is 0.0602. The molecule has 4 nitrogen and oxygen atoms in total. The molecule has 0 bridgehead atoms. The van der Waals surface area contributed by atoms with Crippen LogP contribution < -0.4 is 10.6 Å². The number of methoxy groups -OCH3 is 1. The summed E-state index contributed by atoms with van der Waals surface area (Å²) >= 11 is 1.77. The van der Waals surface area contributed by atoms with E-state index in [-0.39, 0.29) is 22.3 Å². The van der Waals surface area contributed by atoms with Gasteiger partial charge in [-0.2, -0.15) is 0 Å². The van der Waals surface area contributed by atoms with Gasteiger partial charge in [0, 0.05) is 13.2 Å². The molecule has 2 fully saturated rings. The minimum absolute atomic E-state index is 0.0602. The molecular formula is C15H28N2O2S. The maximum absolute atomic E-state index is 12.4. The molecule has 20 heavy (non-hydrogen) atoms. The van der Waals surface area contributed by atoms with Gasteiger partial charge in [0.1, 0.15) is 10.2 Å². The van der Waals surface area contributed by atoms with Gasteiger partial charge in [0.25, 0.3) is 0 Å². The standard InChI is InChI=1S/C15H28N2O2S/c1-4-5-7-11(2)16-14-17-13(18)15(20-14)9-6-8-12(10-15)19-3/h11-12,14,16H,4-10H2,1-3H3,(H,17,18). The summed E-state index contributed by atoms with van der Waals surface area (Å²) in [6.45, 7) is 4.41. The molecule has 4 unspecified atom stereocenters. The summed E-state index contributed by atoms with van der Waals surface area (Å²) in [6.07, 6.45) is 7.84. The molecule has 1 aliphatic heterocycles. The van der Waals surface area contributed by atoms with Crippen molar-refractivity contribution in [2.24, 2.45) is 0 Å².